The van der Waals surface area contributed by atoms with Crippen molar-refractivity contribution in [3.05, 3.63) is 0 Å². The van der Waals surface area contributed by atoms with E-state index in [0.717, 1.165) is 19.6 Å². The van der Waals surface area contributed by atoms with Crippen LogP contribution in [0, 0.1) is 0 Å². The Bertz CT molecular complexity index is 213. The van der Waals surface area contributed by atoms with Gasteiger partial charge in [-0.05, 0) is 41.0 Å². The average Bonchev–Trinajstić information content (AvgIpc) is 2.52. The van der Waals surface area contributed by atoms with Crippen LogP contribution in [0.5, 0.6) is 0 Å². The highest BCUT2D eigenvalue weighted by atomic mass is 16.6. The number of hydrogen-bond acceptors (Lipinski definition) is 5. The molecule has 0 aromatic rings. The van der Waals surface area contributed by atoms with Crippen molar-refractivity contribution < 1.29 is 23.7 Å². The summed E-state index contributed by atoms with van der Waals surface area (Å²) in [6.45, 7) is 16.0. The van der Waals surface area contributed by atoms with E-state index in [1.807, 2.05) is 34.6 Å². The molecule has 0 fully saturated rings. The summed E-state index contributed by atoms with van der Waals surface area (Å²) in [7, 11) is 0. The topological polar surface area (TPSA) is 46.2 Å². The van der Waals surface area contributed by atoms with Gasteiger partial charge >= 0.3 is 0 Å². The van der Waals surface area contributed by atoms with Gasteiger partial charge in [-0.3, -0.25) is 0 Å². The van der Waals surface area contributed by atoms with Crippen LogP contribution in [-0.4, -0.2) is 64.1 Å². The van der Waals surface area contributed by atoms with Gasteiger partial charge in [0.1, 0.15) is 0 Å². The smallest absolute Gasteiger partial charge is 0.0781 e. The summed E-state index contributed by atoms with van der Waals surface area (Å²) in [6, 6.07) is 0. The van der Waals surface area contributed by atoms with E-state index < -0.39 is 0 Å². The second-order valence-corrected chi connectivity index (χ2v) is 5.77. The Morgan fingerprint density at radius 2 is 1.00 bits per heavy atom. The van der Waals surface area contributed by atoms with E-state index in [1.165, 1.54) is 0 Å². The summed E-state index contributed by atoms with van der Waals surface area (Å²) in [5, 5.41) is 0. The molecule has 0 radical (unpaired) electrons. The molecule has 0 heterocycles. The van der Waals surface area contributed by atoms with Gasteiger partial charge in [-0.1, -0.05) is 6.92 Å². The first-order valence-corrected chi connectivity index (χ1v) is 8.53. The Balaban J connectivity index is 3.61. The molecule has 22 heavy (non-hydrogen) atoms. The highest BCUT2D eigenvalue weighted by molar-refractivity contribution is 4.56. The molecule has 0 saturated heterocycles. The predicted octanol–water partition coefficient (Wildman–Crippen LogP) is 3.05. The van der Waals surface area contributed by atoms with Gasteiger partial charge in [0.05, 0.1) is 50.8 Å². The largest absolute Gasteiger partial charge is 0.379 e. The van der Waals surface area contributed by atoms with Crippen LogP contribution in [0.4, 0.5) is 0 Å². The SMILES string of the molecule is CCCOC(C)COC(C)COC(C)COC(C)COCC. The second kappa shape index (κ2) is 14.4. The van der Waals surface area contributed by atoms with E-state index in [0.29, 0.717) is 26.4 Å². The maximum Gasteiger partial charge on any atom is 0.0781 e. The number of hydrogen-bond donors (Lipinski definition) is 0. The third-order valence-corrected chi connectivity index (χ3v) is 3.01. The molecule has 134 valence electrons. The molecule has 0 aromatic heterocycles. The van der Waals surface area contributed by atoms with Crippen molar-refractivity contribution in [3.8, 4) is 0 Å². The fourth-order valence-electron chi connectivity index (χ4n) is 1.69. The van der Waals surface area contributed by atoms with Crippen molar-refractivity contribution in [3.63, 3.8) is 0 Å². The van der Waals surface area contributed by atoms with E-state index in [9.17, 15) is 0 Å². The van der Waals surface area contributed by atoms with Crippen molar-refractivity contribution in [1.29, 1.82) is 0 Å². The van der Waals surface area contributed by atoms with E-state index in [1.54, 1.807) is 0 Å². The fraction of sp³-hybridized carbons (Fsp3) is 1.00. The lowest BCUT2D eigenvalue weighted by molar-refractivity contribution is -0.0916. The Labute approximate surface area is 136 Å². The third kappa shape index (κ3) is 13.5. The average molecular weight is 320 g/mol. The van der Waals surface area contributed by atoms with E-state index in [-0.39, 0.29) is 24.4 Å². The molecule has 0 saturated carbocycles. The Morgan fingerprint density at radius 3 is 1.41 bits per heavy atom. The van der Waals surface area contributed by atoms with Gasteiger partial charge in [0.25, 0.3) is 0 Å². The van der Waals surface area contributed by atoms with Crippen molar-refractivity contribution >= 4 is 0 Å². The molecule has 0 N–H and O–H groups in total. The van der Waals surface area contributed by atoms with E-state index in [2.05, 4.69) is 6.92 Å². The summed E-state index contributed by atoms with van der Waals surface area (Å²) in [4.78, 5) is 0. The molecule has 4 unspecified atom stereocenters. The third-order valence-electron chi connectivity index (χ3n) is 3.01. The maximum absolute atomic E-state index is 5.74. The zero-order chi connectivity index (χ0) is 16.8. The molecular weight excluding hydrogens is 284 g/mol. The molecule has 0 bridgehead atoms. The van der Waals surface area contributed by atoms with Crippen molar-refractivity contribution in [1.82, 2.24) is 0 Å². The molecule has 5 heteroatoms. The Morgan fingerprint density at radius 1 is 0.591 bits per heavy atom. The molecule has 0 spiro atoms. The molecule has 0 aliphatic carbocycles. The Kier molecular flexibility index (Phi) is 14.3. The van der Waals surface area contributed by atoms with Gasteiger partial charge in [-0.25, -0.2) is 0 Å². The second-order valence-electron chi connectivity index (χ2n) is 5.77. The summed E-state index contributed by atoms with van der Waals surface area (Å²) >= 11 is 0. The standard InChI is InChI=1S/C17H36O5/c1-7-9-19-15(4)11-21-17(6)13-22-16(5)12-20-14(3)10-18-8-2/h14-17H,7-13H2,1-6H3. The van der Waals surface area contributed by atoms with Crippen LogP contribution in [0.2, 0.25) is 0 Å². The van der Waals surface area contributed by atoms with Gasteiger partial charge < -0.3 is 23.7 Å². The monoisotopic (exact) mass is 320 g/mol. The summed E-state index contributed by atoms with van der Waals surface area (Å²) < 4.78 is 28.0. The summed E-state index contributed by atoms with van der Waals surface area (Å²) in [5.41, 5.74) is 0. The first kappa shape index (κ1) is 21.8. The first-order valence-electron chi connectivity index (χ1n) is 8.53. The van der Waals surface area contributed by atoms with Gasteiger partial charge in [-0.2, -0.15) is 0 Å². The minimum absolute atomic E-state index is 0.0453. The lowest BCUT2D eigenvalue weighted by Crippen LogP contribution is -2.28. The lowest BCUT2D eigenvalue weighted by Gasteiger charge is -2.21. The number of ether oxygens (including phenoxy) is 5. The zero-order valence-electron chi connectivity index (χ0n) is 15.3. The highest BCUT2D eigenvalue weighted by Crippen LogP contribution is 2.02. The molecule has 0 rings (SSSR count). The van der Waals surface area contributed by atoms with Crippen LogP contribution in [0.15, 0.2) is 0 Å². The number of rotatable bonds is 15. The molecule has 5 nitrogen and oxygen atoms in total. The van der Waals surface area contributed by atoms with Crippen LogP contribution in [-0.2, 0) is 23.7 Å². The molecule has 0 amide bonds. The van der Waals surface area contributed by atoms with Crippen LogP contribution < -0.4 is 0 Å². The highest BCUT2D eigenvalue weighted by Gasteiger charge is 2.11. The normalized spacial score (nSPS) is 17.2. The Hall–Kier alpha value is -0.200. The quantitative estimate of drug-likeness (QED) is 0.464. The maximum atomic E-state index is 5.74. The van der Waals surface area contributed by atoms with Crippen molar-refractivity contribution in [2.75, 3.05) is 39.6 Å². The fourth-order valence-corrected chi connectivity index (χ4v) is 1.69. The molecule has 4 atom stereocenters. The van der Waals surface area contributed by atoms with Gasteiger partial charge in [0.15, 0.2) is 0 Å². The van der Waals surface area contributed by atoms with Gasteiger partial charge in [0, 0.05) is 13.2 Å². The van der Waals surface area contributed by atoms with Gasteiger partial charge in [-0.15, -0.1) is 0 Å². The first-order chi connectivity index (χ1) is 10.5. The van der Waals surface area contributed by atoms with Gasteiger partial charge in [0.2, 0.25) is 0 Å². The molecule has 0 aromatic carbocycles. The molecular formula is C17H36O5. The zero-order valence-corrected chi connectivity index (χ0v) is 15.3. The van der Waals surface area contributed by atoms with Crippen LogP contribution in [0.25, 0.3) is 0 Å². The predicted molar refractivity (Wildman–Crippen MR) is 88.4 cm³/mol. The van der Waals surface area contributed by atoms with Crippen molar-refractivity contribution in [2.24, 2.45) is 0 Å². The molecule has 0 aliphatic heterocycles. The summed E-state index contributed by atoms with van der Waals surface area (Å²) in [6.07, 6.45) is 1.35. The minimum Gasteiger partial charge on any atom is -0.379 e. The summed E-state index contributed by atoms with van der Waals surface area (Å²) in [5.74, 6) is 0. The molecule has 0 aliphatic rings. The van der Waals surface area contributed by atoms with E-state index >= 15 is 0 Å². The minimum atomic E-state index is 0.0453. The van der Waals surface area contributed by atoms with E-state index in [4.69, 9.17) is 23.7 Å². The van der Waals surface area contributed by atoms with Crippen LogP contribution in [0.1, 0.15) is 48.0 Å². The van der Waals surface area contributed by atoms with Crippen molar-refractivity contribution in [2.45, 2.75) is 72.4 Å². The van der Waals surface area contributed by atoms with Crippen LogP contribution in [0.3, 0.4) is 0 Å². The van der Waals surface area contributed by atoms with Crippen LogP contribution >= 0.6 is 0 Å². The lowest BCUT2D eigenvalue weighted by atomic mass is 10.3.